The molecule has 0 aliphatic heterocycles. The van der Waals surface area contributed by atoms with Gasteiger partial charge in [0.1, 0.15) is 50.4 Å². The fourth-order valence-electron chi connectivity index (χ4n) is 7.03. The molecule has 464 valence electrons. The monoisotopic (exact) mass is 1210 g/mol. The number of hydrogen-bond donors (Lipinski definition) is 25. The highest BCUT2D eigenvalue weighted by molar-refractivity contribution is 6.00. The van der Waals surface area contributed by atoms with Crippen molar-refractivity contribution in [1.82, 2.24) is 58.5 Å². The molecule has 40 nitrogen and oxygen atoms in total. The van der Waals surface area contributed by atoms with Crippen LogP contribution in [0.15, 0.2) is 78.9 Å². The summed E-state index contributed by atoms with van der Waals surface area (Å²) in [5.74, 6) is -18.8. The number of primary amides is 1. The number of anilines is 2. The summed E-state index contributed by atoms with van der Waals surface area (Å²) in [7, 11) is 0. The van der Waals surface area contributed by atoms with Crippen LogP contribution in [0.1, 0.15) is 11.6 Å². The first-order valence-corrected chi connectivity index (χ1v) is 24.4. The third-order valence-electron chi connectivity index (χ3n) is 10.5. The van der Waals surface area contributed by atoms with Crippen LogP contribution < -0.4 is 112 Å². The Hall–Kier alpha value is -12.0. The van der Waals surface area contributed by atoms with Crippen molar-refractivity contribution in [3.63, 3.8) is 0 Å². The minimum Gasteiger partial charge on any atom is -0.488 e. The van der Waals surface area contributed by atoms with Crippen molar-refractivity contribution in [3.8, 4) is 11.5 Å². The van der Waals surface area contributed by atoms with Crippen LogP contribution in [0, 0.1) is 21.6 Å². The van der Waals surface area contributed by atoms with Crippen molar-refractivity contribution < 1.29 is 82.6 Å². The molecular weight excluding hydrogens is 1150 g/mol. The van der Waals surface area contributed by atoms with Crippen molar-refractivity contribution in [2.24, 2.45) is 34.4 Å². The van der Waals surface area contributed by atoms with Crippen molar-refractivity contribution in [2.45, 2.75) is 43.1 Å². The SMILES string of the molecule is N=C(N)NC(NC(=O)C(NC(=N)N)NC(=O)C(NC(=N)N)NC(=O)C(NC(=N)N)NC(=O)C(NC(=O)C(O)NC(=O)CN(CC(=O)O)c1ccccc1OCCOc1ccccc1N(CC(=O)O)CC(=O)O)c1ccccc1)C(=O)NC(N)C(N)=O. The third kappa shape index (κ3) is 23.2. The number of carbonyl (C=O) groups excluding carboxylic acids is 8. The van der Waals surface area contributed by atoms with Crippen LogP contribution in [0.4, 0.5) is 11.4 Å². The van der Waals surface area contributed by atoms with Gasteiger partial charge in [0.25, 0.3) is 35.4 Å². The predicted molar refractivity (Wildman–Crippen MR) is 296 cm³/mol. The van der Waals surface area contributed by atoms with Gasteiger partial charge in [-0.05, 0) is 29.8 Å². The number of guanidine groups is 4. The lowest BCUT2D eigenvalue weighted by Crippen LogP contribution is -2.69. The number of nitrogens with zero attached hydrogens (tertiary/aromatic N) is 2. The molecule has 40 heteroatoms. The Kier molecular flexibility index (Phi) is 26.3. The van der Waals surface area contributed by atoms with Gasteiger partial charge in [-0.1, -0.05) is 54.6 Å². The molecule has 0 saturated heterocycles. The number of aliphatic hydroxyl groups excluding tert-OH is 1. The van der Waals surface area contributed by atoms with E-state index in [1.807, 2.05) is 42.5 Å². The van der Waals surface area contributed by atoms with Gasteiger partial charge in [-0.2, -0.15) is 0 Å². The van der Waals surface area contributed by atoms with Crippen molar-refractivity contribution in [3.05, 3.63) is 84.4 Å². The first-order valence-electron chi connectivity index (χ1n) is 24.4. The smallest absolute Gasteiger partial charge is 0.323 e. The fourth-order valence-corrected chi connectivity index (χ4v) is 7.03. The van der Waals surface area contributed by atoms with E-state index in [1.165, 1.54) is 72.8 Å². The zero-order chi connectivity index (χ0) is 64.4. The number of para-hydroxylation sites is 4. The highest BCUT2D eigenvalue weighted by atomic mass is 16.5. The van der Waals surface area contributed by atoms with Gasteiger partial charge in [0, 0.05) is 0 Å². The standard InChI is InChI=1S/C46H63N23O17/c47-30(31(48)77)59-37(79)32(64-43(49)50)61-39(81)34(66-45(53)54)63-40(82)35(67-46(55)56)62-38(80)33(65-44(51)52)60-36(78)29(20-8-2-1-3-9-20)58-42(84)41(83)57-25(70)16-68(17-26(71)72)21-10-4-6-12-23(21)85-14-15-86-24-13-7-5-11-22(24)69(18-27(73)74)19-28(75)76/h1-13,29-30,32-35,41,83H,14-19,47H2,(H2,48,77)(H,57,70)(H,58,84)(H,59,79)(H,60,78)(H,61,81)(H,62,80)(H,63,82)(H,71,72)(H,73,74)(H,75,76)(H4,49,50,64)(H4,51,52,65)(H4,53,54,66)(H4,55,56,67). The molecule has 3 aromatic carbocycles. The van der Waals surface area contributed by atoms with E-state index in [-0.39, 0.29) is 41.7 Å². The quantitative estimate of drug-likeness (QED) is 0.0114. The lowest BCUT2D eigenvalue weighted by Gasteiger charge is -2.28. The van der Waals surface area contributed by atoms with E-state index in [2.05, 4.69) is 16.0 Å². The topological polar surface area (TPSA) is 677 Å². The molecule has 0 radical (unpaired) electrons. The Morgan fingerprint density at radius 2 is 0.767 bits per heavy atom. The largest absolute Gasteiger partial charge is 0.488 e. The molecule has 0 spiro atoms. The van der Waals surface area contributed by atoms with Crippen molar-refractivity contribution in [1.29, 1.82) is 21.6 Å². The minimum absolute atomic E-state index is 0.0116. The molecule has 8 amide bonds. The van der Waals surface area contributed by atoms with Crippen LogP contribution in [0.25, 0.3) is 0 Å². The van der Waals surface area contributed by atoms with Gasteiger partial charge >= 0.3 is 17.9 Å². The maximum absolute atomic E-state index is 14.1. The summed E-state index contributed by atoms with van der Waals surface area (Å²) < 4.78 is 11.6. The average Bonchev–Trinajstić information content (AvgIpc) is 2.65. The normalized spacial score (nSPS) is 12.9. The molecular formula is C46H63N23O17. The number of nitrogens with two attached hydrogens (primary N) is 6. The molecule has 0 aromatic heterocycles. The van der Waals surface area contributed by atoms with Gasteiger partial charge in [0.15, 0.2) is 54.7 Å². The number of aliphatic carboxylic acids is 3. The second-order valence-corrected chi connectivity index (χ2v) is 17.2. The zero-order valence-electron chi connectivity index (χ0n) is 44.7. The van der Waals surface area contributed by atoms with E-state index < -0.39 is 158 Å². The molecule has 0 heterocycles. The molecule has 0 saturated carbocycles. The molecule has 7 unspecified atom stereocenters. The number of nitrogens with one attached hydrogen (secondary N) is 15. The maximum atomic E-state index is 14.1. The summed E-state index contributed by atoms with van der Waals surface area (Å²) in [4.78, 5) is 143. The van der Waals surface area contributed by atoms with Gasteiger partial charge in [0.05, 0.1) is 17.9 Å². The van der Waals surface area contributed by atoms with Gasteiger partial charge in [-0.15, -0.1) is 0 Å². The van der Waals surface area contributed by atoms with Crippen LogP contribution in [-0.4, -0.2) is 186 Å². The molecule has 0 aliphatic rings. The summed E-state index contributed by atoms with van der Waals surface area (Å²) in [5.41, 5.74) is 32.2. The summed E-state index contributed by atoms with van der Waals surface area (Å²) in [6, 6.07) is 16.8. The summed E-state index contributed by atoms with van der Waals surface area (Å²) in [6.45, 7) is -3.51. The Bertz CT molecular complexity index is 3010. The average molecular weight is 1210 g/mol. The first kappa shape index (κ1) is 68.3. The summed E-state index contributed by atoms with van der Waals surface area (Å²) in [6.07, 6.45) is -12.9. The van der Waals surface area contributed by atoms with E-state index in [0.717, 1.165) is 9.80 Å². The second-order valence-electron chi connectivity index (χ2n) is 17.2. The molecule has 86 heavy (non-hydrogen) atoms. The van der Waals surface area contributed by atoms with Gasteiger partial charge in [-0.25, -0.2) is 0 Å². The number of aliphatic hydroxyl groups is 1. The van der Waals surface area contributed by atoms with Crippen LogP contribution in [0.5, 0.6) is 11.5 Å². The fraction of sp³-hybridized carbons (Fsp3) is 0.283. The summed E-state index contributed by atoms with van der Waals surface area (Å²) >= 11 is 0. The van der Waals surface area contributed by atoms with Crippen molar-refractivity contribution >= 4 is 100 Å². The Morgan fingerprint density at radius 1 is 0.430 bits per heavy atom. The maximum Gasteiger partial charge on any atom is 0.323 e. The minimum atomic E-state index is -2.48. The molecule has 7 atom stereocenters. The molecule has 0 aliphatic carbocycles. The van der Waals surface area contributed by atoms with Crippen LogP contribution in [0.2, 0.25) is 0 Å². The Morgan fingerprint density at radius 3 is 1.13 bits per heavy atom. The predicted octanol–water partition coefficient (Wildman–Crippen LogP) is -10.1. The molecule has 0 fully saturated rings. The van der Waals surface area contributed by atoms with Gasteiger partial charge in [-0.3, -0.25) is 74.4 Å². The van der Waals surface area contributed by atoms with E-state index in [0.29, 0.717) is 0 Å². The number of carbonyl (C=O) groups is 11. The number of carboxylic acid groups (broad SMARTS) is 3. The molecule has 3 rings (SSSR count). The number of amides is 8. The Balaban J connectivity index is 1.81. The zero-order valence-corrected chi connectivity index (χ0v) is 44.7. The Labute approximate surface area is 484 Å². The van der Waals surface area contributed by atoms with E-state index in [4.69, 9.17) is 65.5 Å². The first-order chi connectivity index (χ1) is 40.4. The number of benzene rings is 3. The molecule has 0 bridgehead atoms. The van der Waals surface area contributed by atoms with E-state index in [9.17, 15) is 73.2 Å². The van der Waals surface area contributed by atoms with Crippen LogP contribution in [0.3, 0.4) is 0 Å². The summed E-state index contributed by atoms with van der Waals surface area (Å²) in [5, 5.41) is 92.4. The van der Waals surface area contributed by atoms with Crippen molar-refractivity contribution in [2.75, 3.05) is 49.2 Å². The van der Waals surface area contributed by atoms with Gasteiger partial charge < -0.3 is 133 Å². The van der Waals surface area contributed by atoms with Gasteiger partial charge in [0.2, 0.25) is 18.0 Å². The van der Waals surface area contributed by atoms with E-state index >= 15 is 0 Å². The highest BCUT2D eigenvalue weighted by Gasteiger charge is 2.35. The highest BCUT2D eigenvalue weighted by Crippen LogP contribution is 2.30. The second kappa shape index (κ2) is 33.1. The molecule has 3 aromatic rings. The lowest BCUT2D eigenvalue weighted by atomic mass is 10.1. The molecule has 31 N–H and O–H groups in total. The third-order valence-corrected chi connectivity index (χ3v) is 10.5. The van der Waals surface area contributed by atoms with Crippen LogP contribution >= 0.6 is 0 Å². The van der Waals surface area contributed by atoms with E-state index in [1.54, 1.807) is 6.07 Å². The van der Waals surface area contributed by atoms with Crippen LogP contribution in [-0.2, 0) is 52.7 Å². The number of rotatable bonds is 34. The number of hydrogen-bond acceptors (Lipinski definition) is 21. The number of ether oxygens (including phenoxy) is 2. The number of carboxylic acids is 3. The lowest BCUT2D eigenvalue weighted by molar-refractivity contribution is -0.139.